The molecule has 2 unspecified atom stereocenters. The number of alkyl halides is 1. The van der Waals surface area contributed by atoms with Gasteiger partial charge in [-0.05, 0) is 23.8 Å². The maximum atomic E-state index is 12.4. The van der Waals surface area contributed by atoms with Gasteiger partial charge < -0.3 is 20.9 Å². The topological polar surface area (TPSA) is 132 Å². The summed E-state index contributed by atoms with van der Waals surface area (Å²) < 4.78 is 5.40. The fourth-order valence-corrected chi connectivity index (χ4v) is 3.66. The van der Waals surface area contributed by atoms with Gasteiger partial charge in [0.25, 0.3) is 0 Å². The van der Waals surface area contributed by atoms with Crippen molar-refractivity contribution in [2.45, 2.75) is 71.6 Å². The molecule has 0 aliphatic heterocycles. The van der Waals surface area contributed by atoms with Gasteiger partial charge in [0.15, 0.2) is 5.69 Å². The van der Waals surface area contributed by atoms with Gasteiger partial charge in [0.2, 0.25) is 5.91 Å². The van der Waals surface area contributed by atoms with Crippen LogP contribution in [0.1, 0.15) is 67.8 Å². The number of carboxylic acids is 1. The van der Waals surface area contributed by atoms with Crippen LogP contribution < -0.4 is 11.1 Å². The lowest BCUT2D eigenvalue weighted by Crippen LogP contribution is -2.39. The summed E-state index contributed by atoms with van der Waals surface area (Å²) in [7, 11) is 0. The van der Waals surface area contributed by atoms with Crippen LogP contribution in [-0.4, -0.2) is 46.0 Å². The predicted molar refractivity (Wildman–Crippen MR) is 121 cm³/mol. The number of nitrogens with zero attached hydrogens (tertiary/aromatic N) is 1. The van der Waals surface area contributed by atoms with Crippen LogP contribution >= 0.6 is 22.9 Å². The van der Waals surface area contributed by atoms with Gasteiger partial charge in [-0.3, -0.25) is 9.59 Å². The van der Waals surface area contributed by atoms with E-state index in [-0.39, 0.29) is 35.9 Å². The molecule has 1 rings (SSSR count). The lowest BCUT2D eigenvalue weighted by atomic mass is 9.93. The van der Waals surface area contributed by atoms with Crippen LogP contribution in [0.4, 0.5) is 0 Å². The van der Waals surface area contributed by atoms with Gasteiger partial charge >= 0.3 is 11.9 Å². The monoisotopic (exact) mass is 473 g/mol. The van der Waals surface area contributed by atoms with Crippen molar-refractivity contribution in [2.24, 2.45) is 11.7 Å². The zero-order valence-corrected chi connectivity index (χ0v) is 20.2. The molecule has 10 heteroatoms. The Kier molecular flexibility index (Phi) is 10.6. The molecule has 1 aromatic heterocycles. The van der Waals surface area contributed by atoms with Crippen LogP contribution in [0.5, 0.6) is 0 Å². The maximum Gasteiger partial charge on any atom is 0.355 e. The van der Waals surface area contributed by atoms with E-state index in [0.717, 1.165) is 0 Å². The van der Waals surface area contributed by atoms with E-state index in [2.05, 4.69) is 10.3 Å². The molecule has 0 aliphatic carbocycles. The van der Waals surface area contributed by atoms with Crippen LogP contribution in [0.3, 0.4) is 0 Å². The molecule has 174 valence electrons. The Bertz CT molecular complexity index is 801. The first-order valence-electron chi connectivity index (χ1n) is 10.1. The zero-order valence-electron chi connectivity index (χ0n) is 18.6. The number of rotatable bonds is 11. The number of aromatic nitrogens is 1. The molecular formula is C21H32ClN3O5S. The largest absolute Gasteiger partial charge is 0.476 e. The normalized spacial score (nSPS) is 13.9. The number of aromatic carboxylic acids is 1. The fraction of sp³-hybridized carbons (Fsp3) is 0.619. The minimum atomic E-state index is -1.10. The number of carbonyl (C=O) groups excluding carboxylic acids is 2. The summed E-state index contributed by atoms with van der Waals surface area (Å²) in [5, 5.41) is 12.6. The fourth-order valence-electron chi connectivity index (χ4n) is 2.48. The van der Waals surface area contributed by atoms with E-state index in [9.17, 15) is 19.5 Å². The second kappa shape index (κ2) is 12.2. The SMILES string of the molecule is CC(C)C(N)C(=O)OC(/C=C/CCCl)CC(=O)NCc1nc(C(=O)O)c(C(C)(C)C)s1. The van der Waals surface area contributed by atoms with Crippen LogP contribution in [0.2, 0.25) is 0 Å². The summed E-state index contributed by atoms with van der Waals surface area (Å²) in [6, 6.07) is -0.785. The number of nitrogens with two attached hydrogens (primary N) is 1. The number of amides is 1. The van der Waals surface area contributed by atoms with Crippen LogP contribution in [0.25, 0.3) is 0 Å². The highest BCUT2D eigenvalue weighted by atomic mass is 35.5. The van der Waals surface area contributed by atoms with Crippen molar-refractivity contribution >= 4 is 40.8 Å². The van der Waals surface area contributed by atoms with Gasteiger partial charge in [0.1, 0.15) is 17.2 Å². The van der Waals surface area contributed by atoms with Crippen molar-refractivity contribution in [1.29, 1.82) is 0 Å². The van der Waals surface area contributed by atoms with Gasteiger partial charge in [-0.1, -0.05) is 40.7 Å². The molecule has 0 aliphatic rings. The highest BCUT2D eigenvalue weighted by molar-refractivity contribution is 7.12. The van der Waals surface area contributed by atoms with E-state index < -0.39 is 24.1 Å². The Morgan fingerprint density at radius 1 is 1.32 bits per heavy atom. The second-order valence-electron chi connectivity index (χ2n) is 8.47. The average molecular weight is 474 g/mol. The molecule has 1 aromatic rings. The predicted octanol–water partition coefficient (Wildman–Crippen LogP) is 3.23. The number of hydrogen-bond donors (Lipinski definition) is 3. The molecule has 0 saturated heterocycles. The number of hydrogen-bond acceptors (Lipinski definition) is 7. The standard InChI is InChI=1S/C21H32ClN3O5S/c1-12(2)16(23)20(29)30-13(8-6-7-9-22)10-14(26)24-11-15-25-17(19(27)28)18(31-15)21(3,4)5/h6,8,12-13,16H,7,9-11,23H2,1-5H3,(H,24,26)(H,27,28)/b8-6+. The third-order valence-electron chi connectivity index (χ3n) is 4.26. The lowest BCUT2D eigenvalue weighted by molar-refractivity contribution is -0.150. The number of ether oxygens (including phenoxy) is 1. The number of carboxylic acid groups (broad SMARTS) is 1. The third kappa shape index (κ3) is 8.96. The van der Waals surface area contributed by atoms with Gasteiger partial charge in [-0.15, -0.1) is 22.9 Å². The van der Waals surface area contributed by atoms with Crippen LogP contribution in [0.15, 0.2) is 12.2 Å². The van der Waals surface area contributed by atoms with E-state index >= 15 is 0 Å². The van der Waals surface area contributed by atoms with Crippen molar-refractivity contribution in [2.75, 3.05) is 5.88 Å². The molecule has 8 nitrogen and oxygen atoms in total. The maximum absolute atomic E-state index is 12.4. The van der Waals surface area contributed by atoms with E-state index in [4.69, 9.17) is 22.1 Å². The van der Waals surface area contributed by atoms with Crippen molar-refractivity contribution < 1.29 is 24.2 Å². The number of halogens is 1. The zero-order chi connectivity index (χ0) is 23.8. The van der Waals surface area contributed by atoms with E-state index in [0.29, 0.717) is 22.2 Å². The molecule has 0 spiro atoms. The molecule has 1 heterocycles. The van der Waals surface area contributed by atoms with Crippen molar-refractivity contribution in [3.63, 3.8) is 0 Å². The molecule has 0 bridgehead atoms. The first-order valence-corrected chi connectivity index (χ1v) is 11.4. The van der Waals surface area contributed by atoms with E-state index in [1.165, 1.54) is 11.3 Å². The molecule has 0 radical (unpaired) electrons. The van der Waals surface area contributed by atoms with Crippen molar-refractivity contribution in [3.05, 3.63) is 27.7 Å². The summed E-state index contributed by atoms with van der Waals surface area (Å²) in [6.07, 6.45) is 3.06. The van der Waals surface area contributed by atoms with Gasteiger partial charge in [-0.2, -0.15) is 0 Å². The van der Waals surface area contributed by atoms with Crippen molar-refractivity contribution in [3.8, 4) is 0 Å². The number of nitrogens with one attached hydrogen (secondary N) is 1. The minimum Gasteiger partial charge on any atom is -0.476 e. The summed E-state index contributed by atoms with van der Waals surface area (Å²) in [4.78, 5) is 40.9. The number of allylic oxidation sites excluding steroid dienone is 1. The molecule has 4 N–H and O–H groups in total. The summed E-state index contributed by atoms with van der Waals surface area (Å²) in [5.41, 5.74) is 5.45. The van der Waals surface area contributed by atoms with Crippen molar-refractivity contribution in [1.82, 2.24) is 10.3 Å². The van der Waals surface area contributed by atoms with Gasteiger partial charge in [0, 0.05) is 10.8 Å². The quantitative estimate of drug-likeness (QED) is 0.255. The first-order chi connectivity index (χ1) is 14.4. The third-order valence-corrected chi connectivity index (χ3v) is 5.96. The average Bonchev–Trinajstić information content (AvgIpc) is 3.11. The number of thiazole rings is 1. The molecule has 1 amide bonds. The Labute approximate surface area is 192 Å². The van der Waals surface area contributed by atoms with Crippen LogP contribution in [0, 0.1) is 5.92 Å². The summed E-state index contributed by atoms with van der Waals surface area (Å²) in [5.74, 6) is -1.74. The molecule has 0 aromatic carbocycles. The molecule has 0 saturated carbocycles. The first kappa shape index (κ1) is 27.1. The van der Waals surface area contributed by atoms with Gasteiger partial charge in [-0.25, -0.2) is 9.78 Å². The second-order valence-corrected chi connectivity index (χ2v) is 9.93. The Hall–Kier alpha value is -1.97. The highest BCUT2D eigenvalue weighted by Crippen LogP contribution is 2.31. The minimum absolute atomic E-state index is 0.000219. The smallest absolute Gasteiger partial charge is 0.355 e. The Balaban J connectivity index is 2.81. The molecular weight excluding hydrogens is 442 g/mol. The summed E-state index contributed by atoms with van der Waals surface area (Å²) >= 11 is 6.92. The van der Waals surface area contributed by atoms with E-state index in [1.54, 1.807) is 12.2 Å². The van der Waals surface area contributed by atoms with Gasteiger partial charge in [0.05, 0.1) is 13.0 Å². The Morgan fingerprint density at radius 3 is 2.45 bits per heavy atom. The lowest BCUT2D eigenvalue weighted by Gasteiger charge is -2.19. The molecule has 31 heavy (non-hydrogen) atoms. The molecule has 0 fully saturated rings. The van der Waals surface area contributed by atoms with Crippen LogP contribution in [-0.2, 0) is 26.3 Å². The number of carbonyl (C=O) groups is 3. The van der Waals surface area contributed by atoms with E-state index in [1.807, 2.05) is 34.6 Å². The molecule has 2 atom stereocenters. The highest BCUT2D eigenvalue weighted by Gasteiger charge is 2.27. The Morgan fingerprint density at radius 2 is 1.97 bits per heavy atom. The summed E-state index contributed by atoms with van der Waals surface area (Å²) in [6.45, 7) is 9.41. The number of esters is 1.